The summed E-state index contributed by atoms with van der Waals surface area (Å²) in [5.41, 5.74) is 0.0207. The molecule has 0 spiro atoms. The van der Waals surface area contributed by atoms with Crippen LogP contribution in [0.1, 0.15) is 17.3 Å². The molecule has 2 rings (SSSR count). The summed E-state index contributed by atoms with van der Waals surface area (Å²) in [6.45, 7) is 5.32. The van der Waals surface area contributed by atoms with Gasteiger partial charge in [-0.1, -0.05) is 0 Å². The van der Waals surface area contributed by atoms with Crippen molar-refractivity contribution in [1.29, 1.82) is 0 Å². The van der Waals surface area contributed by atoms with Gasteiger partial charge in [-0.25, -0.2) is 8.78 Å². The van der Waals surface area contributed by atoms with E-state index in [0.29, 0.717) is 39.3 Å². The first-order chi connectivity index (χ1) is 11.0. The van der Waals surface area contributed by atoms with Crippen LogP contribution in [0.4, 0.5) is 8.78 Å². The highest BCUT2D eigenvalue weighted by Crippen LogP contribution is 2.13. The van der Waals surface area contributed by atoms with Crippen molar-refractivity contribution in [2.75, 3.05) is 45.9 Å². The summed E-state index contributed by atoms with van der Waals surface area (Å²) in [5.74, 6) is -1.89. The predicted octanol–water partition coefficient (Wildman–Crippen LogP) is 1.12. The number of hydrogen-bond acceptors (Lipinski definition) is 4. The molecule has 5 nitrogen and oxygen atoms in total. The summed E-state index contributed by atoms with van der Waals surface area (Å²) < 4.78 is 31.6. The quantitative estimate of drug-likeness (QED) is 0.850. The third-order valence-corrected chi connectivity index (χ3v) is 3.75. The second-order valence-electron chi connectivity index (χ2n) is 5.56. The summed E-state index contributed by atoms with van der Waals surface area (Å²) in [6, 6.07) is 2.84. The van der Waals surface area contributed by atoms with E-state index in [-0.39, 0.29) is 18.1 Å². The number of aliphatic hydroxyl groups excluding tert-OH is 1. The topological polar surface area (TPSA) is 53.0 Å². The second-order valence-corrected chi connectivity index (χ2v) is 5.56. The molecule has 0 aromatic heterocycles. The standard InChI is InChI=1S/C16H22F2N2O3/c1-2-23-11-15(21)10-19-3-5-20(6-4-19)16(22)12-7-13(17)9-14(18)8-12/h7-9,15,21H,2-6,10-11H2,1H3/t15-/m0/s1. The van der Waals surface area contributed by atoms with Crippen LogP contribution in [0.2, 0.25) is 0 Å². The fourth-order valence-corrected chi connectivity index (χ4v) is 2.60. The molecular weight excluding hydrogens is 306 g/mol. The van der Waals surface area contributed by atoms with Gasteiger partial charge in [-0.05, 0) is 19.1 Å². The maximum atomic E-state index is 13.2. The molecule has 7 heteroatoms. The van der Waals surface area contributed by atoms with E-state index in [1.807, 2.05) is 11.8 Å². The Bertz CT molecular complexity index is 514. The average molecular weight is 328 g/mol. The van der Waals surface area contributed by atoms with Crippen LogP contribution < -0.4 is 0 Å². The molecule has 0 radical (unpaired) electrons. The van der Waals surface area contributed by atoms with Gasteiger partial charge in [0.25, 0.3) is 5.91 Å². The SMILES string of the molecule is CCOC[C@@H](O)CN1CCN(C(=O)c2cc(F)cc(F)c2)CC1. The number of rotatable bonds is 6. The highest BCUT2D eigenvalue weighted by molar-refractivity contribution is 5.94. The molecular formula is C16H22F2N2O3. The smallest absolute Gasteiger partial charge is 0.254 e. The maximum Gasteiger partial charge on any atom is 0.254 e. The minimum atomic E-state index is -0.758. The first-order valence-electron chi connectivity index (χ1n) is 7.73. The molecule has 1 aliphatic heterocycles. The zero-order chi connectivity index (χ0) is 16.8. The van der Waals surface area contributed by atoms with E-state index >= 15 is 0 Å². The van der Waals surface area contributed by atoms with Crippen LogP contribution in [-0.4, -0.2) is 72.9 Å². The largest absolute Gasteiger partial charge is 0.389 e. The van der Waals surface area contributed by atoms with Gasteiger partial charge < -0.3 is 14.7 Å². The summed E-state index contributed by atoms with van der Waals surface area (Å²) in [6.07, 6.45) is -0.561. The number of amides is 1. The van der Waals surface area contributed by atoms with Gasteiger partial charge in [0.15, 0.2) is 0 Å². The Hall–Kier alpha value is -1.57. The van der Waals surface area contributed by atoms with E-state index in [2.05, 4.69) is 0 Å². The molecule has 128 valence electrons. The Labute approximate surface area is 134 Å². The minimum absolute atomic E-state index is 0.0207. The maximum absolute atomic E-state index is 13.2. The Balaban J connectivity index is 1.85. The van der Waals surface area contributed by atoms with E-state index in [0.717, 1.165) is 18.2 Å². The zero-order valence-electron chi connectivity index (χ0n) is 13.2. The Kier molecular flexibility index (Phi) is 6.44. The number of benzene rings is 1. The van der Waals surface area contributed by atoms with Gasteiger partial charge in [0, 0.05) is 51.0 Å². The van der Waals surface area contributed by atoms with Crippen molar-refractivity contribution in [1.82, 2.24) is 9.80 Å². The molecule has 1 amide bonds. The second kappa shape index (κ2) is 8.33. The fourth-order valence-electron chi connectivity index (χ4n) is 2.60. The van der Waals surface area contributed by atoms with Crippen molar-refractivity contribution in [3.8, 4) is 0 Å². The number of halogens is 2. The molecule has 1 aromatic carbocycles. The summed E-state index contributed by atoms with van der Waals surface area (Å²) in [4.78, 5) is 15.9. The summed E-state index contributed by atoms with van der Waals surface area (Å²) in [7, 11) is 0. The van der Waals surface area contributed by atoms with E-state index in [9.17, 15) is 18.7 Å². The molecule has 1 saturated heterocycles. The molecule has 1 fully saturated rings. The average Bonchev–Trinajstić information content (AvgIpc) is 2.52. The number of piperazine rings is 1. The molecule has 0 bridgehead atoms. The van der Waals surface area contributed by atoms with Gasteiger partial charge in [-0.15, -0.1) is 0 Å². The minimum Gasteiger partial charge on any atom is -0.389 e. The van der Waals surface area contributed by atoms with Crippen molar-refractivity contribution in [2.45, 2.75) is 13.0 Å². The predicted molar refractivity (Wildman–Crippen MR) is 81.2 cm³/mol. The van der Waals surface area contributed by atoms with E-state index in [4.69, 9.17) is 4.74 Å². The number of carbonyl (C=O) groups excluding carboxylic acids is 1. The lowest BCUT2D eigenvalue weighted by atomic mass is 10.1. The molecule has 1 aliphatic rings. The van der Waals surface area contributed by atoms with E-state index in [1.165, 1.54) is 0 Å². The van der Waals surface area contributed by atoms with Gasteiger partial charge in [-0.2, -0.15) is 0 Å². The van der Waals surface area contributed by atoms with Crippen LogP contribution in [0.25, 0.3) is 0 Å². The normalized spacial score (nSPS) is 17.3. The Morgan fingerprint density at radius 1 is 1.22 bits per heavy atom. The fraction of sp³-hybridized carbons (Fsp3) is 0.562. The van der Waals surface area contributed by atoms with Crippen LogP contribution in [-0.2, 0) is 4.74 Å². The monoisotopic (exact) mass is 328 g/mol. The first-order valence-corrected chi connectivity index (χ1v) is 7.73. The summed E-state index contributed by atoms with van der Waals surface area (Å²) >= 11 is 0. The first kappa shape index (κ1) is 17.8. The van der Waals surface area contributed by atoms with Crippen molar-refractivity contribution < 1.29 is 23.4 Å². The van der Waals surface area contributed by atoms with Crippen LogP contribution in [0.5, 0.6) is 0 Å². The third kappa shape index (κ3) is 5.23. The lowest BCUT2D eigenvalue weighted by molar-refractivity contribution is 0.0111. The Morgan fingerprint density at radius 3 is 2.39 bits per heavy atom. The van der Waals surface area contributed by atoms with Crippen LogP contribution >= 0.6 is 0 Å². The lowest BCUT2D eigenvalue weighted by Gasteiger charge is -2.35. The number of nitrogens with zero attached hydrogens (tertiary/aromatic N) is 2. The number of ether oxygens (including phenoxy) is 1. The zero-order valence-corrected chi connectivity index (χ0v) is 13.2. The van der Waals surface area contributed by atoms with Crippen molar-refractivity contribution in [3.05, 3.63) is 35.4 Å². The molecule has 0 aliphatic carbocycles. The molecule has 23 heavy (non-hydrogen) atoms. The third-order valence-electron chi connectivity index (χ3n) is 3.75. The van der Waals surface area contributed by atoms with Gasteiger partial charge in [0.1, 0.15) is 11.6 Å². The molecule has 1 aromatic rings. The van der Waals surface area contributed by atoms with Gasteiger partial charge in [-0.3, -0.25) is 9.69 Å². The van der Waals surface area contributed by atoms with E-state index < -0.39 is 17.7 Å². The molecule has 1 atom stereocenters. The lowest BCUT2D eigenvalue weighted by Crippen LogP contribution is -2.50. The molecule has 1 N–H and O–H groups in total. The van der Waals surface area contributed by atoms with E-state index in [1.54, 1.807) is 4.90 Å². The number of aliphatic hydroxyl groups is 1. The molecule has 1 heterocycles. The van der Waals surface area contributed by atoms with Crippen molar-refractivity contribution in [2.24, 2.45) is 0 Å². The molecule has 0 saturated carbocycles. The van der Waals surface area contributed by atoms with Crippen molar-refractivity contribution >= 4 is 5.91 Å². The van der Waals surface area contributed by atoms with Gasteiger partial charge in [0.2, 0.25) is 0 Å². The van der Waals surface area contributed by atoms with Crippen molar-refractivity contribution in [3.63, 3.8) is 0 Å². The van der Waals surface area contributed by atoms with Crippen LogP contribution in [0, 0.1) is 11.6 Å². The van der Waals surface area contributed by atoms with Gasteiger partial charge >= 0.3 is 0 Å². The number of hydrogen-bond donors (Lipinski definition) is 1. The van der Waals surface area contributed by atoms with Crippen LogP contribution in [0.15, 0.2) is 18.2 Å². The highest BCUT2D eigenvalue weighted by atomic mass is 19.1. The van der Waals surface area contributed by atoms with Crippen LogP contribution in [0.3, 0.4) is 0 Å². The number of carbonyl (C=O) groups is 1. The summed E-state index contributed by atoms with van der Waals surface area (Å²) in [5, 5.41) is 9.82. The highest BCUT2D eigenvalue weighted by Gasteiger charge is 2.24. The van der Waals surface area contributed by atoms with Gasteiger partial charge in [0.05, 0.1) is 12.7 Å². The molecule has 0 unspecified atom stereocenters. The number of β-amino-alcohol motifs (C(OH)–C–C–N with tert-alkyl or cyclic N) is 1. The Morgan fingerprint density at radius 2 is 1.83 bits per heavy atom.